The van der Waals surface area contributed by atoms with Crippen molar-refractivity contribution in [1.82, 2.24) is 10.3 Å². The monoisotopic (exact) mass is 222 g/mol. The molecular formula is C11H14N2O3. The zero-order valence-electron chi connectivity index (χ0n) is 9.01. The van der Waals surface area contributed by atoms with Gasteiger partial charge in [0.2, 0.25) is 5.91 Å². The lowest BCUT2D eigenvalue weighted by Gasteiger charge is -2.11. The molecule has 1 aromatic rings. The molecule has 1 aromatic heterocycles. The molecule has 5 heteroatoms. The maximum atomic E-state index is 11.5. The number of pyridine rings is 1. The predicted octanol–water partition coefficient (Wildman–Crippen LogP) is 0.603. The van der Waals surface area contributed by atoms with Gasteiger partial charge in [-0.1, -0.05) is 13.0 Å². The second-order valence-electron chi connectivity index (χ2n) is 3.40. The van der Waals surface area contributed by atoms with Crippen molar-refractivity contribution in [1.29, 1.82) is 0 Å². The van der Waals surface area contributed by atoms with E-state index < -0.39 is 12.0 Å². The summed E-state index contributed by atoms with van der Waals surface area (Å²) in [6.07, 6.45) is 3.72. The van der Waals surface area contributed by atoms with Crippen LogP contribution in [0.2, 0.25) is 0 Å². The highest BCUT2D eigenvalue weighted by Crippen LogP contribution is 1.98. The predicted molar refractivity (Wildman–Crippen MR) is 57.8 cm³/mol. The van der Waals surface area contributed by atoms with Crippen LogP contribution in [0.5, 0.6) is 0 Å². The van der Waals surface area contributed by atoms with Gasteiger partial charge in [-0.25, -0.2) is 4.79 Å². The molecule has 0 spiro atoms. The van der Waals surface area contributed by atoms with E-state index in [1.54, 1.807) is 31.5 Å². The first-order valence-corrected chi connectivity index (χ1v) is 5.04. The summed E-state index contributed by atoms with van der Waals surface area (Å²) in [4.78, 5) is 26.1. The number of nitrogens with one attached hydrogen (secondary N) is 1. The first-order chi connectivity index (χ1) is 7.63. The number of carboxylic acid groups (broad SMARTS) is 1. The van der Waals surface area contributed by atoms with Gasteiger partial charge in [0.1, 0.15) is 6.04 Å². The molecule has 0 aromatic carbocycles. The van der Waals surface area contributed by atoms with Gasteiger partial charge in [-0.2, -0.15) is 0 Å². The number of amides is 1. The maximum Gasteiger partial charge on any atom is 0.326 e. The fourth-order valence-electron chi connectivity index (χ4n) is 1.27. The molecule has 0 unspecified atom stereocenters. The second kappa shape index (κ2) is 5.85. The van der Waals surface area contributed by atoms with Gasteiger partial charge in [0.05, 0.1) is 6.42 Å². The van der Waals surface area contributed by atoms with Gasteiger partial charge in [0, 0.05) is 12.4 Å². The summed E-state index contributed by atoms with van der Waals surface area (Å²) in [5.74, 6) is -1.32. The lowest BCUT2D eigenvalue weighted by atomic mass is 10.2. The number of hydrogen-bond acceptors (Lipinski definition) is 3. The number of rotatable bonds is 5. The average Bonchev–Trinajstić information content (AvgIpc) is 2.27. The van der Waals surface area contributed by atoms with E-state index >= 15 is 0 Å². The van der Waals surface area contributed by atoms with Crippen LogP contribution in [0.4, 0.5) is 0 Å². The highest BCUT2D eigenvalue weighted by molar-refractivity contribution is 5.84. The van der Waals surface area contributed by atoms with Gasteiger partial charge in [-0.15, -0.1) is 0 Å². The SMILES string of the molecule is CC[C@H](NC(=O)Cc1cccnc1)C(=O)O. The Morgan fingerprint density at radius 1 is 1.56 bits per heavy atom. The van der Waals surface area contributed by atoms with E-state index in [-0.39, 0.29) is 12.3 Å². The molecule has 0 aliphatic carbocycles. The highest BCUT2D eigenvalue weighted by atomic mass is 16.4. The van der Waals surface area contributed by atoms with Crippen molar-refractivity contribution in [3.8, 4) is 0 Å². The average molecular weight is 222 g/mol. The summed E-state index contributed by atoms with van der Waals surface area (Å²) >= 11 is 0. The van der Waals surface area contributed by atoms with Crippen LogP contribution in [0.15, 0.2) is 24.5 Å². The maximum absolute atomic E-state index is 11.5. The van der Waals surface area contributed by atoms with Gasteiger partial charge in [-0.05, 0) is 18.1 Å². The van der Waals surface area contributed by atoms with E-state index in [0.29, 0.717) is 6.42 Å². The van der Waals surface area contributed by atoms with Crippen LogP contribution in [0.3, 0.4) is 0 Å². The fourth-order valence-corrected chi connectivity index (χ4v) is 1.27. The highest BCUT2D eigenvalue weighted by Gasteiger charge is 2.17. The summed E-state index contributed by atoms with van der Waals surface area (Å²) < 4.78 is 0. The number of hydrogen-bond donors (Lipinski definition) is 2. The van der Waals surface area contributed by atoms with E-state index in [1.807, 2.05) is 0 Å². The summed E-state index contributed by atoms with van der Waals surface area (Å²) in [6, 6.07) is 2.69. The minimum absolute atomic E-state index is 0.150. The lowest BCUT2D eigenvalue weighted by Crippen LogP contribution is -2.40. The van der Waals surface area contributed by atoms with Gasteiger partial charge < -0.3 is 10.4 Å². The minimum atomic E-state index is -1.01. The van der Waals surface area contributed by atoms with E-state index in [2.05, 4.69) is 10.3 Å². The Balaban J connectivity index is 2.50. The van der Waals surface area contributed by atoms with Gasteiger partial charge in [0.25, 0.3) is 0 Å². The largest absolute Gasteiger partial charge is 0.480 e. The molecule has 0 radical (unpaired) electrons. The van der Waals surface area contributed by atoms with E-state index in [4.69, 9.17) is 5.11 Å². The molecule has 0 saturated carbocycles. The van der Waals surface area contributed by atoms with Crippen LogP contribution < -0.4 is 5.32 Å². The van der Waals surface area contributed by atoms with Crippen molar-refractivity contribution in [2.24, 2.45) is 0 Å². The van der Waals surface area contributed by atoms with Crippen LogP contribution in [-0.2, 0) is 16.0 Å². The molecule has 0 saturated heterocycles. The number of aliphatic carboxylic acids is 1. The molecule has 1 amide bonds. The topological polar surface area (TPSA) is 79.3 Å². The lowest BCUT2D eigenvalue weighted by molar-refractivity contribution is -0.141. The third kappa shape index (κ3) is 3.68. The molecule has 0 bridgehead atoms. The second-order valence-corrected chi connectivity index (χ2v) is 3.40. The van der Waals surface area contributed by atoms with Crippen LogP contribution in [0, 0.1) is 0 Å². The standard InChI is InChI=1S/C11H14N2O3/c1-2-9(11(15)16)13-10(14)6-8-4-3-5-12-7-8/h3-5,7,9H,2,6H2,1H3,(H,13,14)(H,15,16)/t9-/m0/s1. The third-order valence-corrected chi connectivity index (χ3v) is 2.13. The Morgan fingerprint density at radius 2 is 2.31 bits per heavy atom. The van der Waals surface area contributed by atoms with Crippen molar-refractivity contribution in [2.45, 2.75) is 25.8 Å². The van der Waals surface area contributed by atoms with Crippen LogP contribution >= 0.6 is 0 Å². The van der Waals surface area contributed by atoms with Gasteiger partial charge >= 0.3 is 5.97 Å². The van der Waals surface area contributed by atoms with Gasteiger partial charge in [0.15, 0.2) is 0 Å². The Kier molecular flexibility index (Phi) is 4.44. The van der Waals surface area contributed by atoms with Crippen LogP contribution in [-0.4, -0.2) is 28.0 Å². The quantitative estimate of drug-likeness (QED) is 0.764. The molecule has 1 atom stereocenters. The third-order valence-electron chi connectivity index (χ3n) is 2.13. The Hall–Kier alpha value is -1.91. The normalized spacial score (nSPS) is 11.8. The van der Waals surface area contributed by atoms with Crippen LogP contribution in [0.1, 0.15) is 18.9 Å². The summed E-state index contributed by atoms with van der Waals surface area (Å²) in [5, 5.41) is 11.2. The van der Waals surface area contributed by atoms with Crippen molar-refractivity contribution in [3.05, 3.63) is 30.1 Å². The number of carbonyl (C=O) groups excluding carboxylic acids is 1. The van der Waals surface area contributed by atoms with Crippen molar-refractivity contribution in [3.63, 3.8) is 0 Å². The van der Waals surface area contributed by atoms with Gasteiger partial charge in [-0.3, -0.25) is 9.78 Å². The summed E-state index contributed by atoms with van der Waals surface area (Å²) in [5.41, 5.74) is 0.764. The molecule has 0 aliphatic rings. The molecule has 16 heavy (non-hydrogen) atoms. The molecule has 2 N–H and O–H groups in total. The van der Waals surface area contributed by atoms with Crippen molar-refractivity contribution in [2.75, 3.05) is 0 Å². The van der Waals surface area contributed by atoms with Crippen molar-refractivity contribution < 1.29 is 14.7 Å². The van der Waals surface area contributed by atoms with E-state index in [9.17, 15) is 9.59 Å². The Labute approximate surface area is 93.5 Å². The van der Waals surface area contributed by atoms with E-state index in [0.717, 1.165) is 5.56 Å². The molecule has 86 valence electrons. The molecular weight excluding hydrogens is 208 g/mol. The molecule has 0 aliphatic heterocycles. The van der Waals surface area contributed by atoms with E-state index in [1.165, 1.54) is 0 Å². The Bertz CT molecular complexity index is 365. The summed E-state index contributed by atoms with van der Waals surface area (Å²) in [7, 11) is 0. The smallest absolute Gasteiger partial charge is 0.326 e. The molecule has 1 rings (SSSR count). The molecule has 0 fully saturated rings. The summed E-state index contributed by atoms with van der Waals surface area (Å²) in [6.45, 7) is 1.71. The zero-order valence-corrected chi connectivity index (χ0v) is 9.01. The van der Waals surface area contributed by atoms with Crippen LogP contribution in [0.25, 0.3) is 0 Å². The Morgan fingerprint density at radius 3 is 2.81 bits per heavy atom. The number of carboxylic acids is 1. The molecule has 1 heterocycles. The molecule has 5 nitrogen and oxygen atoms in total. The minimum Gasteiger partial charge on any atom is -0.480 e. The number of aromatic nitrogens is 1. The zero-order chi connectivity index (χ0) is 12.0. The first kappa shape index (κ1) is 12.2. The number of nitrogens with zero attached hydrogens (tertiary/aromatic N) is 1. The fraction of sp³-hybridized carbons (Fsp3) is 0.364. The van der Waals surface area contributed by atoms with Crippen molar-refractivity contribution >= 4 is 11.9 Å². The first-order valence-electron chi connectivity index (χ1n) is 5.04. The number of carbonyl (C=O) groups is 2.